The maximum absolute atomic E-state index is 12.9. The van der Waals surface area contributed by atoms with Crippen molar-refractivity contribution in [3.8, 4) is 0 Å². The standard InChI is InChI=1S/C15H20FN3O3/c1-2-22-15(21)17-14(20)11-18-7-9-19(10-8-18)13-5-3-12(16)4-6-13/h3-6H,2,7-11H2,1H3,(H,17,20,21)/p+1. The van der Waals surface area contributed by atoms with Gasteiger partial charge in [-0.3, -0.25) is 10.1 Å². The van der Waals surface area contributed by atoms with Gasteiger partial charge in [-0.05, 0) is 31.2 Å². The van der Waals surface area contributed by atoms with Gasteiger partial charge in [0.1, 0.15) is 5.82 Å². The average Bonchev–Trinajstić information content (AvgIpc) is 2.49. The second-order valence-corrected chi connectivity index (χ2v) is 5.16. The second kappa shape index (κ2) is 7.74. The summed E-state index contributed by atoms with van der Waals surface area (Å²) in [6, 6.07) is 6.41. The van der Waals surface area contributed by atoms with E-state index >= 15 is 0 Å². The number of quaternary nitrogens is 1. The van der Waals surface area contributed by atoms with Crippen molar-refractivity contribution in [3.05, 3.63) is 30.1 Å². The van der Waals surface area contributed by atoms with Crippen molar-refractivity contribution in [2.45, 2.75) is 6.92 Å². The second-order valence-electron chi connectivity index (χ2n) is 5.16. The molecule has 1 aromatic rings. The third-order valence-corrected chi connectivity index (χ3v) is 3.59. The summed E-state index contributed by atoms with van der Waals surface area (Å²) in [7, 11) is 0. The van der Waals surface area contributed by atoms with Crippen LogP contribution < -0.4 is 15.1 Å². The van der Waals surface area contributed by atoms with Gasteiger partial charge in [0.2, 0.25) is 0 Å². The summed E-state index contributed by atoms with van der Waals surface area (Å²) in [4.78, 5) is 26.1. The van der Waals surface area contributed by atoms with Crippen molar-refractivity contribution >= 4 is 17.7 Å². The Morgan fingerprint density at radius 2 is 1.91 bits per heavy atom. The molecule has 1 heterocycles. The number of nitrogens with one attached hydrogen (secondary N) is 2. The summed E-state index contributed by atoms with van der Waals surface area (Å²) in [5.41, 5.74) is 0.983. The fraction of sp³-hybridized carbons (Fsp3) is 0.467. The van der Waals surface area contributed by atoms with Gasteiger partial charge in [0.25, 0.3) is 5.91 Å². The van der Waals surface area contributed by atoms with Crippen LogP contribution in [0.5, 0.6) is 0 Å². The number of rotatable bonds is 4. The van der Waals surface area contributed by atoms with Gasteiger partial charge in [0.15, 0.2) is 6.54 Å². The lowest BCUT2D eigenvalue weighted by Gasteiger charge is -2.33. The molecule has 1 saturated heterocycles. The Morgan fingerprint density at radius 3 is 2.50 bits per heavy atom. The number of benzene rings is 1. The van der Waals surface area contributed by atoms with Crippen LogP contribution in [0, 0.1) is 5.82 Å². The summed E-state index contributed by atoms with van der Waals surface area (Å²) < 4.78 is 17.6. The normalized spacial score (nSPS) is 15.5. The Balaban J connectivity index is 1.76. The Labute approximate surface area is 128 Å². The first kappa shape index (κ1) is 16.2. The largest absolute Gasteiger partial charge is 0.450 e. The van der Waals surface area contributed by atoms with E-state index in [4.69, 9.17) is 0 Å². The van der Waals surface area contributed by atoms with E-state index < -0.39 is 6.09 Å². The van der Waals surface area contributed by atoms with Gasteiger partial charge >= 0.3 is 6.09 Å². The Bertz CT molecular complexity index is 513. The molecule has 0 spiro atoms. The molecule has 0 atom stereocenters. The predicted molar refractivity (Wildman–Crippen MR) is 79.3 cm³/mol. The lowest BCUT2D eigenvalue weighted by molar-refractivity contribution is -0.892. The Hall–Kier alpha value is -2.15. The van der Waals surface area contributed by atoms with Crippen molar-refractivity contribution < 1.29 is 23.6 Å². The number of halogens is 1. The number of carbonyl (C=O) groups is 2. The van der Waals surface area contributed by atoms with E-state index in [1.54, 1.807) is 19.1 Å². The van der Waals surface area contributed by atoms with Gasteiger partial charge in [0.05, 0.1) is 32.8 Å². The molecule has 120 valence electrons. The van der Waals surface area contributed by atoms with Crippen LogP contribution in [0.4, 0.5) is 14.9 Å². The highest BCUT2D eigenvalue weighted by molar-refractivity contribution is 5.92. The number of amides is 2. The third kappa shape index (κ3) is 4.70. The van der Waals surface area contributed by atoms with Gasteiger partial charge in [-0.25, -0.2) is 9.18 Å². The van der Waals surface area contributed by atoms with Crippen LogP contribution in [-0.2, 0) is 9.53 Å². The van der Waals surface area contributed by atoms with Crippen LogP contribution in [-0.4, -0.2) is 51.3 Å². The van der Waals surface area contributed by atoms with Gasteiger partial charge in [-0.1, -0.05) is 0 Å². The van der Waals surface area contributed by atoms with Crippen LogP contribution in [0.2, 0.25) is 0 Å². The Morgan fingerprint density at radius 1 is 1.27 bits per heavy atom. The molecule has 1 aromatic carbocycles. The van der Waals surface area contributed by atoms with E-state index in [-0.39, 0.29) is 24.9 Å². The van der Waals surface area contributed by atoms with Crippen LogP contribution in [0.1, 0.15) is 6.92 Å². The molecule has 7 heteroatoms. The van der Waals surface area contributed by atoms with E-state index in [2.05, 4.69) is 15.0 Å². The lowest BCUT2D eigenvalue weighted by atomic mass is 10.2. The summed E-state index contributed by atoms with van der Waals surface area (Å²) in [6.45, 7) is 5.31. The molecule has 22 heavy (non-hydrogen) atoms. The van der Waals surface area contributed by atoms with Crippen LogP contribution in [0.3, 0.4) is 0 Å². The molecule has 1 aliphatic rings. The molecule has 2 N–H and O–H groups in total. The highest BCUT2D eigenvalue weighted by Gasteiger charge is 2.23. The van der Waals surface area contributed by atoms with Crippen molar-refractivity contribution in [1.29, 1.82) is 0 Å². The summed E-state index contributed by atoms with van der Waals surface area (Å²) in [5, 5.41) is 2.20. The fourth-order valence-corrected chi connectivity index (χ4v) is 2.46. The number of alkyl carbamates (subject to hydrolysis) is 1. The summed E-state index contributed by atoms with van der Waals surface area (Å²) >= 11 is 0. The topological polar surface area (TPSA) is 63.1 Å². The monoisotopic (exact) mass is 310 g/mol. The molecular formula is C15H21FN3O3+. The number of carbonyl (C=O) groups excluding carboxylic acids is 2. The first-order valence-electron chi connectivity index (χ1n) is 7.39. The number of hydrogen-bond acceptors (Lipinski definition) is 4. The van der Waals surface area contributed by atoms with E-state index in [1.165, 1.54) is 12.1 Å². The number of anilines is 1. The molecule has 0 bridgehead atoms. The van der Waals surface area contributed by atoms with Gasteiger partial charge in [-0.2, -0.15) is 0 Å². The van der Waals surface area contributed by atoms with Crippen molar-refractivity contribution in [1.82, 2.24) is 5.32 Å². The van der Waals surface area contributed by atoms with E-state index in [0.29, 0.717) is 0 Å². The third-order valence-electron chi connectivity index (χ3n) is 3.59. The summed E-state index contributed by atoms with van der Waals surface area (Å²) in [6.07, 6.45) is -0.697. The molecule has 0 unspecified atom stereocenters. The molecule has 0 saturated carbocycles. The molecule has 2 rings (SSSR count). The number of piperazine rings is 1. The van der Waals surface area contributed by atoms with Crippen molar-refractivity contribution in [3.63, 3.8) is 0 Å². The van der Waals surface area contributed by atoms with Gasteiger partial charge in [-0.15, -0.1) is 0 Å². The maximum Gasteiger partial charge on any atom is 0.414 e. The van der Waals surface area contributed by atoms with Crippen molar-refractivity contribution in [2.24, 2.45) is 0 Å². The molecule has 1 aliphatic heterocycles. The molecule has 0 aromatic heterocycles. The van der Waals surface area contributed by atoms with E-state index in [0.717, 1.165) is 36.8 Å². The van der Waals surface area contributed by atoms with Crippen LogP contribution >= 0.6 is 0 Å². The highest BCUT2D eigenvalue weighted by atomic mass is 19.1. The maximum atomic E-state index is 12.9. The number of imide groups is 1. The molecule has 1 fully saturated rings. The smallest absolute Gasteiger partial charge is 0.414 e. The first-order chi connectivity index (χ1) is 10.6. The van der Waals surface area contributed by atoms with Gasteiger partial charge in [0, 0.05) is 5.69 Å². The Kier molecular flexibility index (Phi) is 5.71. The SMILES string of the molecule is CCOC(=O)NC(=O)C[NH+]1CCN(c2ccc(F)cc2)CC1. The molecule has 0 radical (unpaired) electrons. The van der Waals surface area contributed by atoms with Crippen LogP contribution in [0.25, 0.3) is 0 Å². The number of ether oxygens (including phenoxy) is 1. The summed E-state index contributed by atoms with van der Waals surface area (Å²) in [5.74, 6) is -0.577. The minimum atomic E-state index is -0.697. The molecule has 0 aliphatic carbocycles. The molecule has 6 nitrogen and oxygen atoms in total. The average molecular weight is 310 g/mol. The molecule has 2 amide bonds. The fourth-order valence-electron chi connectivity index (χ4n) is 2.46. The van der Waals surface area contributed by atoms with E-state index in [9.17, 15) is 14.0 Å². The number of nitrogens with zero attached hydrogens (tertiary/aromatic N) is 1. The quantitative estimate of drug-likeness (QED) is 0.809. The minimum Gasteiger partial charge on any atom is -0.450 e. The van der Waals surface area contributed by atoms with E-state index in [1.807, 2.05) is 0 Å². The first-order valence-corrected chi connectivity index (χ1v) is 7.39. The predicted octanol–water partition coefficient (Wildman–Crippen LogP) is -0.197. The van der Waals surface area contributed by atoms with Gasteiger partial charge < -0.3 is 14.5 Å². The molecular weight excluding hydrogens is 289 g/mol. The zero-order valence-electron chi connectivity index (χ0n) is 12.6. The zero-order valence-corrected chi connectivity index (χ0v) is 12.6. The van der Waals surface area contributed by atoms with Crippen molar-refractivity contribution in [2.75, 3.05) is 44.2 Å². The number of hydrogen-bond donors (Lipinski definition) is 2. The highest BCUT2D eigenvalue weighted by Crippen LogP contribution is 2.14. The van der Waals surface area contributed by atoms with Crippen LogP contribution in [0.15, 0.2) is 24.3 Å². The zero-order chi connectivity index (χ0) is 15.9. The lowest BCUT2D eigenvalue weighted by Crippen LogP contribution is -3.16. The minimum absolute atomic E-state index is 0.238.